The number of allylic oxidation sites excluding steroid dienone is 1. The predicted molar refractivity (Wildman–Crippen MR) is 179 cm³/mol. The monoisotopic (exact) mass is 686 g/mol. The minimum atomic E-state index is -1.28. The van der Waals surface area contributed by atoms with E-state index in [2.05, 4.69) is 16.0 Å². The lowest BCUT2D eigenvalue weighted by Gasteiger charge is -2.49. The van der Waals surface area contributed by atoms with Gasteiger partial charge in [-0.3, -0.25) is 24.1 Å². The average Bonchev–Trinajstić information content (AvgIpc) is 3.51. The molecule has 48 heavy (non-hydrogen) atoms. The molecule has 0 aliphatic carbocycles. The van der Waals surface area contributed by atoms with E-state index < -0.39 is 23.3 Å². The molecule has 0 unspecified atom stereocenters. The smallest absolute Gasteiger partial charge is 0.352 e. The number of nitrogens with zero attached hydrogens (tertiary/aromatic N) is 2. The first-order chi connectivity index (χ1) is 23.2. The van der Waals surface area contributed by atoms with E-state index >= 15 is 0 Å². The summed E-state index contributed by atoms with van der Waals surface area (Å²) in [7, 11) is 0. The first-order valence-electron chi connectivity index (χ1n) is 15.1. The van der Waals surface area contributed by atoms with E-state index in [4.69, 9.17) is 0 Å². The second-order valence-electron chi connectivity index (χ2n) is 11.3. The third-order valence-electron chi connectivity index (χ3n) is 8.08. The molecule has 12 nitrogen and oxygen atoms in total. The lowest BCUT2D eigenvalue weighted by Crippen LogP contribution is -2.70. The van der Waals surface area contributed by atoms with Gasteiger partial charge in [-0.1, -0.05) is 18.2 Å². The minimum Gasteiger partial charge on any atom is -0.508 e. The van der Waals surface area contributed by atoms with Crippen LogP contribution >= 0.6 is 23.5 Å². The topological polar surface area (TPSA) is 169 Å². The van der Waals surface area contributed by atoms with Crippen LogP contribution in [0.2, 0.25) is 0 Å². The van der Waals surface area contributed by atoms with E-state index in [1.807, 2.05) is 30.3 Å². The van der Waals surface area contributed by atoms with Crippen molar-refractivity contribution in [3.8, 4) is 5.75 Å². The van der Waals surface area contributed by atoms with Crippen LogP contribution in [-0.2, 0) is 36.9 Å². The number of hydrogen-bond acceptors (Lipinski definition) is 8. The van der Waals surface area contributed by atoms with Gasteiger partial charge in [0.15, 0.2) is 12.4 Å². The number of nitrogens with one attached hydrogen (secondary N) is 3. The van der Waals surface area contributed by atoms with Crippen LogP contribution in [0.3, 0.4) is 0 Å². The SMILES string of the molecule is O=C(C[n+]1ccc(CC(=C2CCNC2=O)C2=C(C(=O)O)N3C(=O)[C@@H](NC(=O)CSc4ccccc4)[C@H]3SC2)cc1)Nc1ccc(O)cc1. The van der Waals surface area contributed by atoms with Crippen molar-refractivity contribution in [3.05, 3.63) is 107 Å². The van der Waals surface area contributed by atoms with Crippen molar-refractivity contribution in [2.45, 2.75) is 35.7 Å². The number of pyridine rings is 1. The number of aromatic nitrogens is 1. The van der Waals surface area contributed by atoms with Crippen LogP contribution in [0.1, 0.15) is 12.0 Å². The number of thioether (sulfide) groups is 2. The number of carbonyl (C=O) groups excluding carboxylic acids is 4. The van der Waals surface area contributed by atoms with Crippen molar-refractivity contribution < 1.29 is 38.8 Å². The maximum absolute atomic E-state index is 13.3. The molecule has 3 aliphatic heterocycles. The molecule has 4 amide bonds. The predicted octanol–water partition coefficient (Wildman–Crippen LogP) is 2.21. The zero-order valence-electron chi connectivity index (χ0n) is 25.5. The number of carbonyl (C=O) groups is 5. The Kier molecular flexibility index (Phi) is 9.82. The quantitative estimate of drug-likeness (QED) is 0.0668. The molecule has 5 N–H and O–H groups in total. The number of fused-ring (bicyclic) bond motifs is 1. The standard InChI is InChI=1S/C34H31N5O7S2/c40-22-8-6-21(7-9-22)36-27(41)17-38-14-11-20(12-15-38)16-25(24-10-13-35-31(24)43)26-18-48-33-29(32(44)39(33)30(26)34(45)46)37-28(42)19-47-23-4-2-1-3-5-23/h1-9,11-12,14-15,29,33H,10,13,16-19H2,(H4-,35,36,37,40,41,42,43,45,46)/p+1/t29-,33-/m1/s1. The van der Waals surface area contributed by atoms with Crippen molar-refractivity contribution >= 4 is 58.8 Å². The van der Waals surface area contributed by atoms with Crippen molar-refractivity contribution in [1.29, 1.82) is 0 Å². The maximum Gasteiger partial charge on any atom is 0.352 e. The summed E-state index contributed by atoms with van der Waals surface area (Å²) >= 11 is 2.70. The minimum absolute atomic E-state index is 0.0313. The highest BCUT2D eigenvalue weighted by Gasteiger charge is 2.54. The van der Waals surface area contributed by atoms with Crippen LogP contribution in [0.25, 0.3) is 0 Å². The Labute approximate surface area is 284 Å². The Balaban J connectivity index is 1.18. The van der Waals surface area contributed by atoms with Gasteiger partial charge in [0, 0.05) is 40.6 Å². The van der Waals surface area contributed by atoms with Crippen LogP contribution in [-0.4, -0.2) is 74.2 Å². The van der Waals surface area contributed by atoms with Crippen molar-refractivity contribution in [2.75, 3.05) is 23.4 Å². The summed E-state index contributed by atoms with van der Waals surface area (Å²) in [6.45, 7) is 0.454. The molecule has 1 aromatic heterocycles. The molecule has 2 aromatic carbocycles. The molecular weight excluding hydrogens is 655 g/mol. The number of aromatic hydroxyl groups is 1. The van der Waals surface area contributed by atoms with Gasteiger partial charge in [0.05, 0.1) is 5.75 Å². The van der Waals surface area contributed by atoms with Gasteiger partial charge in [-0.2, -0.15) is 4.57 Å². The molecule has 2 atom stereocenters. The molecule has 6 rings (SSSR count). The van der Waals surface area contributed by atoms with Gasteiger partial charge >= 0.3 is 5.97 Å². The van der Waals surface area contributed by atoms with Crippen LogP contribution < -0.4 is 20.5 Å². The van der Waals surface area contributed by atoms with Crippen molar-refractivity contribution in [1.82, 2.24) is 15.5 Å². The van der Waals surface area contributed by atoms with E-state index in [0.717, 1.165) is 10.5 Å². The van der Waals surface area contributed by atoms with Gasteiger partial charge in [0.25, 0.3) is 11.8 Å². The largest absolute Gasteiger partial charge is 0.508 e. The van der Waals surface area contributed by atoms with E-state index in [0.29, 0.717) is 35.4 Å². The lowest BCUT2D eigenvalue weighted by atomic mass is 9.90. The Bertz CT molecular complexity index is 1830. The number of benzene rings is 2. The molecule has 0 spiro atoms. The van der Waals surface area contributed by atoms with Crippen LogP contribution in [0.4, 0.5) is 5.69 Å². The Morgan fingerprint density at radius 1 is 1.00 bits per heavy atom. The zero-order valence-corrected chi connectivity index (χ0v) is 27.2. The second kappa shape index (κ2) is 14.4. The molecule has 0 radical (unpaired) electrons. The summed E-state index contributed by atoms with van der Waals surface area (Å²) in [6, 6.07) is 18.3. The van der Waals surface area contributed by atoms with Gasteiger partial charge in [0.2, 0.25) is 18.4 Å². The summed E-state index contributed by atoms with van der Waals surface area (Å²) < 4.78 is 1.68. The zero-order chi connectivity index (χ0) is 33.8. The third-order valence-corrected chi connectivity index (χ3v) is 10.4. The first-order valence-corrected chi connectivity index (χ1v) is 17.2. The molecule has 0 bridgehead atoms. The number of phenolic OH excluding ortho intramolecular Hbond substituents is 1. The summed E-state index contributed by atoms with van der Waals surface area (Å²) in [5, 5.41) is 27.6. The van der Waals surface area contributed by atoms with Gasteiger partial charge in [-0.05, 0) is 65.9 Å². The number of rotatable bonds is 11. The number of amides is 4. The number of phenols is 1. The highest BCUT2D eigenvalue weighted by molar-refractivity contribution is 8.00. The number of β-lactam (4-membered cyclic amide) rings is 1. The number of carboxylic acid groups (broad SMARTS) is 1. The molecule has 14 heteroatoms. The number of anilines is 1. The molecule has 4 heterocycles. The summed E-state index contributed by atoms with van der Waals surface area (Å²) in [5.41, 5.74) is 2.59. The van der Waals surface area contributed by atoms with Crippen LogP contribution in [0.15, 0.2) is 106 Å². The molecule has 3 aromatic rings. The van der Waals surface area contributed by atoms with Crippen molar-refractivity contribution in [2.24, 2.45) is 0 Å². The average molecular weight is 687 g/mol. The molecule has 3 aliphatic rings. The maximum atomic E-state index is 13.3. The number of hydrogen-bond donors (Lipinski definition) is 5. The Hall–Kier alpha value is -5.08. The highest BCUT2D eigenvalue weighted by atomic mass is 32.2. The van der Waals surface area contributed by atoms with Gasteiger partial charge in [-0.15, -0.1) is 23.5 Å². The molecule has 2 saturated heterocycles. The van der Waals surface area contributed by atoms with Crippen LogP contribution in [0.5, 0.6) is 5.75 Å². The Morgan fingerprint density at radius 3 is 2.40 bits per heavy atom. The van der Waals surface area contributed by atoms with Gasteiger partial charge < -0.3 is 26.2 Å². The van der Waals surface area contributed by atoms with E-state index in [-0.39, 0.29) is 53.6 Å². The van der Waals surface area contributed by atoms with Gasteiger partial charge in [0.1, 0.15) is 22.9 Å². The summed E-state index contributed by atoms with van der Waals surface area (Å²) in [4.78, 5) is 66.3. The molecular formula is C34H32N5O7S2+. The first kappa shape index (κ1) is 32.8. The molecule has 246 valence electrons. The molecule has 0 saturated carbocycles. The molecule has 2 fully saturated rings. The van der Waals surface area contributed by atoms with E-state index in [1.54, 1.807) is 41.2 Å². The third kappa shape index (κ3) is 7.24. The summed E-state index contributed by atoms with van der Waals surface area (Å²) in [5.74, 6) is -2.21. The van der Waals surface area contributed by atoms with Gasteiger partial charge in [-0.25, -0.2) is 4.79 Å². The lowest BCUT2D eigenvalue weighted by molar-refractivity contribution is -0.684. The number of carboxylic acids is 1. The highest BCUT2D eigenvalue weighted by Crippen LogP contribution is 2.43. The van der Waals surface area contributed by atoms with Crippen molar-refractivity contribution in [3.63, 3.8) is 0 Å². The second-order valence-corrected chi connectivity index (χ2v) is 13.5. The fourth-order valence-corrected chi connectivity index (χ4v) is 7.88. The summed E-state index contributed by atoms with van der Waals surface area (Å²) in [6.07, 6.45) is 4.10. The fourth-order valence-electron chi connectivity index (χ4n) is 5.76. The normalized spacial score (nSPS) is 19.6. The van der Waals surface area contributed by atoms with E-state index in [9.17, 15) is 34.2 Å². The van der Waals surface area contributed by atoms with E-state index in [1.165, 1.54) is 40.6 Å². The fraction of sp³-hybridized carbons (Fsp3) is 0.235. The Morgan fingerprint density at radius 2 is 1.73 bits per heavy atom. The van der Waals surface area contributed by atoms with Crippen LogP contribution in [0, 0.1) is 0 Å². The number of aliphatic carboxylic acids is 1.